The number of nitrogens with zero attached hydrogens (tertiary/aromatic N) is 2. The van der Waals surface area contributed by atoms with Crippen molar-refractivity contribution in [2.45, 2.75) is 100 Å². The monoisotopic (exact) mass is 862 g/mol. The first-order valence-corrected chi connectivity index (χ1v) is 18.2. The van der Waals surface area contributed by atoms with Gasteiger partial charge in [0.1, 0.15) is 22.7 Å². The minimum absolute atomic E-state index is 0. The number of thiophene rings is 2. The number of aromatic hydroxyl groups is 1. The maximum atomic E-state index is 12.2. The van der Waals surface area contributed by atoms with Crippen LogP contribution in [0.3, 0.4) is 0 Å². The number of carbonyl (C=O) groups excluding carboxylic acids is 1. The molecule has 0 saturated carbocycles. The number of allylic oxidation sites excluding steroid dienone is 3. The predicted octanol–water partition coefficient (Wildman–Crippen LogP) is 12.2. The van der Waals surface area contributed by atoms with Crippen molar-refractivity contribution in [3.63, 3.8) is 0 Å². The third-order valence-corrected chi connectivity index (χ3v) is 12.0. The van der Waals surface area contributed by atoms with Crippen LogP contribution in [0.1, 0.15) is 106 Å². The van der Waals surface area contributed by atoms with Crippen LogP contribution in [-0.2, 0) is 30.3 Å². The number of phenolic OH excluding ortho intramolecular Hbond substituents is 1. The first-order chi connectivity index (χ1) is 22.0. The van der Waals surface area contributed by atoms with E-state index < -0.39 is 0 Å². The van der Waals surface area contributed by atoms with Gasteiger partial charge in [-0.2, -0.15) is 11.3 Å². The Kier molecular flexibility index (Phi) is 12.6. The molecule has 5 aromatic rings. The largest absolute Gasteiger partial charge is 0.512 e. The van der Waals surface area contributed by atoms with E-state index >= 15 is 0 Å². The van der Waals surface area contributed by atoms with E-state index in [1.807, 2.05) is 54.5 Å². The van der Waals surface area contributed by atoms with Crippen LogP contribution in [0.4, 0.5) is 0 Å². The third-order valence-electron chi connectivity index (χ3n) is 9.97. The molecule has 0 aliphatic rings. The van der Waals surface area contributed by atoms with Gasteiger partial charge in [0.15, 0.2) is 5.78 Å². The van der Waals surface area contributed by atoms with Gasteiger partial charge in [0.25, 0.3) is 0 Å². The molecule has 0 unspecified atom stereocenters. The smallest absolute Gasteiger partial charge is 0.164 e. The third kappa shape index (κ3) is 7.62. The molecule has 0 aliphatic heterocycles. The number of aliphatic hydroxyl groups excluding tert-OH is 1. The summed E-state index contributed by atoms with van der Waals surface area (Å²) in [6.07, 6.45) is 6.38. The van der Waals surface area contributed by atoms with E-state index in [4.69, 9.17) is 4.98 Å². The van der Waals surface area contributed by atoms with Gasteiger partial charge >= 0.3 is 0 Å². The van der Waals surface area contributed by atoms with Crippen molar-refractivity contribution in [2.75, 3.05) is 0 Å². The Bertz CT molecular complexity index is 1970. The summed E-state index contributed by atoms with van der Waals surface area (Å²) in [7, 11) is 0. The average Bonchev–Trinajstić information content (AvgIpc) is 3.67. The van der Waals surface area contributed by atoms with Crippen molar-refractivity contribution in [2.24, 2.45) is 10.8 Å². The molecule has 0 atom stereocenters. The maximum absolute atomic E-state index is 12.2. The summed E-state index contributed by atoms with van der Waals surface area (Å²) in [6, 6.07) is 11.6. The Morgan fingerprint density at radius 1 is 0.958 bits per heavy atom. The Labute approximate surface area is 307 Å². The summed E-state index contributed by atoms with van der Waals surface area (Å²) in [5.41, 5.74) is 4.07. The van der Waals surface area contributed by atoms with Crippen molar-refractivity contribution in [1.29, 1.82) is 0 Å². The summed E-state index contributed by atoms with van der Waals surface area (Å²) in [5.74, 6) is 0.519. The van der Waals surface area contributed by atoms with E-state index in [-0.39, 0.29) is 53.6 Å². The van der Waals surface area contributed by atoms with E-state index in [0.717, 1.165) is 73.8 Å². The number of aliphatic hydroxyl groups is 1. The molecule has 5 nitrogen and oxygen atoms in total. The average molecular weight is 862 g/mol. The van der Waals surface area contributed by atoms with Gasteiger partial charge in [-0.25, -0.2) is 4.98 Å². The van der Waals surface area contributed by atoms with Gasteiger partial charge in [0.05, 0.1) is 0 Å². The summed E-state index contributed by atoms with van der Waals surface area (Å²) in [4.78, 5) is 22.3. The van der Waals surface area contributed by atoms with Crippen LogP contribution in [0.2, 0.25) is 0 Å². The number of benzene rings is 2. The normalized spacial score (nSPS) is 12.6. The second-order valence-corrected chi connectivity index (χ2v) is 16.0. The first-order valence-electron chi connectivity index (χ1n) is 16.5. The van der Waals surface area contributed by atoms with E-state index in [9.17, 15) is 15.0 Å². The van der Waals surface area contributed by atoms with E-state index in [1.165, 1.54) is 16.3 Å². The molecule has 3 heterocycles. The van der Waals surface area contributed by atoms with Gasteiger partial charge in [-0.15, -0.1) is 34.9 Å². The van der Waals surface area contributed by atoms with Crippen molar-refractivity contribution in [1.82, 2.24) is 9.97 Å². The molecule has 2 N–H and O–H groups in total. The van der Waals surface area contributed by atoms with Crippen LogP contribution in [0, 0.1) is 16.9 Å². The molecule has 0 spiro atoms. The number of fused-ring (bicyclic) bond motifs is 4. The van der Waals surface area contributed by atoms with Gasteiger partial charge in [0, 0.05) is 63.7 Å². The molecule has 0 aliphatic carbocycles. The molecular weight excluding hydrogens is 813 g/mol. The fraction of sp³-hybridized carbons (Fsp3) is 0.425. The molecule has 0 saturated heterocycles. The molecule has 259 valence electrons. The fourth-order valence-corrected chi connectivity index (χ4v) is 7.82. The molecule has 5 rings (SSSR count). The second-order valence-electron chi connectivity index (χ2n) is 14.1. The van der Waals surface area contributed by atoms with Gasteiger partial charge in [-0.1, -0.05) is 80.0 Å². The number of aromatic nitrogens is 2. The Balaban J connectivity index is 0.000000301. The second kappa shape index (κ2) is 15.3. The number of phenols is 1. The zero-order chi connectivity index (χ0) is 34.9. The van der Waals surface area contributed by atoms with Crippen LogP contribution in [0.5, 0.6) is 5.75 Å². The first kappa shape index (κ1) is 39.5. The number of carbonyl (C=O) groups is 1. The molecule has 0 fully saturated rings. The molecule has 48 heavy (non-hydrogen) atoms. The quantitative estimate of drug-likeness (QED) is 0.0876. The van der Waals surface area contributed by atoms with Gasteiger partial charge in [0.2, 0.25) is 0 Å². The van der Waals surface area contributed by atoms with E-state index in [1.54, 1.807) is 35.1 Å². The van der Waals surface area contributed by atoms with Crippen LogP contribution >= 0.6 is 22.7 Å². The van der Waals surface area contributed by atoms with E-state index in [0.29, 0.717) is 0 Å². The molecule has 3 aromatic heterocycles. The predicted molar refractivity (Wildman–Crippen MR) is 203 cm³/mol. The van der Waals surface area contributed by atoms with E-state index in [2.05, 4.69) is 55.9 Å². The van der Waals surface area contributed by atoms with Crippen LogP contribution in [-0.4, -0.2) is 26.0 Å². The Morgan fingerprint density at radius 2 is 1.58 bits per heavy atom. The van der Waals surface area contributed by atoms with Crippen molar-refractivity contribution in [3.05, 3.63) is 71.6 Å². The fourth-order valence-electron chi connectivity index (χ4n) is 5.69. The minimum atomic E-state index is -0.337. The standard InChI is InChI=1S/C25H21N2OS2.C15H28O2.Ir/c1-13(2)19-17(28)6-7-18-20(19)21-22(26-12-27-24(21)30-18)15-10-14-8-9-29-23(14)16(11-15)25(3,4)5;1-7-14(5,8-2)12(16)11-13(17)15(6,9-3)10-4;/h6-9,11-12,28H,1H2,2-5H3;11,16H,7-10H2,1-6H3;/q-1;;/b;12-11-;. The molecular formula is C40H49IrN2O3S2-. The summed E-state index contributed by atoms with van der Waals surface area (Å²) >= 11 is 3.36. The van der Waals surface area contributed by atoms with Crippen LogP contribution in [0.15, 0.2) is 54.4 Å². The molecule has 2 aromatic carbocycles. The van der Waals surface area contributed by atoms with Crippen molar-refractivity contribution in [3.8, 4) is 17.0 Å². The number of rotatable bonds is 9. The summed E-state index contributed by atoms with van der Waals surface area (Å²) in [6.45, 7) is 24.8. The Morgan fingerprint density at radius 3 is 2.15 bits per heavy atom. The minimum Gasteiger partial charge on any atom is -0.512 e. The summed E-state index contributed by atoms with van der Waals surface area (Å²) in [5, 5.41) is 25.9. The van der Waals surface area contributed by atoms with Gasteiger partial charge in [-0.3, -0.25) is 9.78 Å². The van der Waals surface area contributed by atoms with Crippen molar-refractivity contribution < 1.29 is 35.1 Å². The zero-order valence-corrected chi connectivity index (χ0v) is 34.0. The number of hydrogen-bond acceptors (Lipinski definition) is 7. The van der Waals surface area contributed by atoms with Crippen LogP contribution < -0.4 is 0 Å². The SMILES string of the molecule is C=C(C)c1c(O)ccc2sc3ncnc(-c4[c-]c5ccsc5c(C(C)(C)C)c4)c3c12.CCC(C)(CC)C(=O)/C=C(\O)C(C)(CC)CC.[Ir]. The Hall–Kier alpha value is -2.90. The number of ketones is 1. The molecule has 0 bridgehead atoms. The molecule has 0 amide bonds. The maximum Gasteiger partial charge on any atom is 0.164 e. The summed E-state index contributed by atoms with van der Waals surface area (Å²) < 4.78 is 2.34. The topological polar surface area (TPSA) is 83.3 Å². The molecule has 1 radical (unpaired) electrons. The molecule has 8 heteroatoms. The van der Waals surface area contributed by atoms with Crippen LogP contribution in [0.25, 0.3) is 47.2 Å². The zero-order valence-electron chi connectivity index (χ0n) is 29.9. The van der Waals surface area contributed by atoms with Gasteiger partial charge in [-0.05, 0) is 65.8 Å². The number of hydrogen-bond donors (Lipinski definition) is 2. The van der Waals surface area contributed by atoms with Crippen molar-refractivity contribution >= 4 is 64.4 Å². The van der Waals surface area contributed by atoms with Gasteiger partial charge < -0.3 is 10.2 Å².